The SMILES string of the molecule is CNCCc1ccccc1C(=O)N1CCN(C2CC2)CC1.Cl. The first-order valence-corrected chi connectivity index (χ1v) is 8.05. The number of nitrogens with one attached hydrogen (secondary N) is 1. The lowest BCUT2D eigenvalue weighted by molar-refractivity contribution is 0.0626. The first kappa shape index (κ1) is 17.3. The van der Waals surface area contributed by atoms with Gasteiger partial charge in [-0.25, -0.2) is 0 Å². The highest BCUT2D eigenvalue weighted by Gasteiger charge is 2.32. The van der Waals surface area contributed by atoms with Gasteiger partial charge in [0.1, 0.15) is 0 Å². The molecule has 0 aromatic heterocycles. The number of likely N-dealkylation sites (N-methyl/N-ethyl adjacent to an activating group) is 1. The van der Waals surface area contributed by atoms with Crippen molar-refractivity contribution < 1.29 is 4.79 Å². The molecule has 1 saturated heterocycles. The Morgan fingerprint density at radius 3 is 2.50 bits per heavy atom. The number of carbonyl (C=O) groups is 1. The first-order valence-electron chi connectivity index (χ1n) is 8.05. The molecule has 0 radical (unpaired) electrons. The predicted octanol–water partition coefficient (Wildman–Crippen LogP) is 1.79. The van der Waals surface area contributed by atoms with E-state index in [-0.39, 0.29) is 18.3 Å². The van der Waals surface area contributed by atoms with Gasteiger partial charge in [-0.05, 0) is 44.5 Å². The summed E-state index contributed by atoms with van der Waals surface area (Å²) in [6, 6.07) is 8.85. The van der Waals surface area contributed by atoms with E-state index in [0.29, 0.717) is 0 Å². The van der Waals surface area contributed by atoms with Crippen LogP contribution in [0.3, 0.4) is 0 Å². The summed E-state index contributed by atoms with van der Waals surface area (Å²) in [6.45, 7) is 4.72. The lowest BCUT2D eigenvalue weighted by atomic mass is 10.0. The van der Waals surface area contributed by atoms with Crippen molar-refractivity contribution in [3.8, 4) is 0 Å². The minimum Gasteiger partial charge on any atom is -0.336 e. The maximum atomic E-state index is 12.8. The Balaban J connectivity index is 0.00000176. The highest BCUT2D eigenvalue weighted by Crippen LogP contribution is 2.27. The van der Waals surface area contributed by atoms with Crippen LogP contribution in [0.25, 0.3) is 0 Å². The second-order valence-electron chi connectivity index (χ2n) is 6.07. The molecule has 5 heteroatoms. The van der Waals surface area contributed by atoms with Gasteiger partial charge in [0.05, 0.1) is 0 Å². The molecule has 122 valence electrons. The summed E-state index contributed by atoms with van der Waals surface area (Å²) in [5.74, 6) is 0.206. The molecular formula is C17H26ClN3O. The van der Waals surface area contributed by atoms with Crippen LogP contribution in [0, 0.1) is 0 Å². The van der Waals surface area contributed by atoms with Crippen LogP contribution in [0.15, 0.2) is 24.3 Å². The number of piperazine rings is 1. The Kier molecular flexibility index (Phi) is 6.24. The molecule has 1 amide bonds. The fraction of sp³-hybridized carbons (Fsp3) is 0.588. The molecule has 3 rings (SSSR count). The standard InChI is InChI=1S/C17H25N3O.ClH/c1-18-9-8-14-4-2-3-5-16(14)17(21)20-12-10-19(11-13-20)15-6-7-15;/h2-5,15,18H,6-13H2,1H3;1H. The van der Waals surface area contributed by atoms with Crippen molar-refractivity contribution in [2.45, 2.75) is 25.3 Å². The number of nitrogens with zero attached hydrogens (tertiary/aromatic N) is 2. The molecule has 1 aromatic carbocycles. The molecule has 1 aromatic rings. The maximum absolute atomic E-state index is 12.8. The van der Waals surface area contributed by atoms with Gasteiger partial charge >= 0.3 is 0 Å². The molecule has 0 unspecified atom stereocenters. The van der Waals surface area contributed by atoms with E-state index in [2.05, 4.69) is 16.3 Å². The third kappa shape index (κ3) is 4.00. The first-order chi connectivity index (χ1) is 10.3. The van der Waals surface area contributed by atoms with Crippen LogP contribution in [0.4, 0.5) is 0 Å². The van der Waals surface area contributed by atoms with Gasteiger partial charge in [0.25, 0.3) is 5.91 Å². The van der Waals surface area contributed by atoms with Crippen molar-refractivity contribution in [2.75, 3.05) is 39.8 Å². The molecule has 1 heterocycles. The van der Waals surface area contributed by atoms with Crippen molar-refractivity contribution >= 4 is 18.3 Å². The van der Waals surface area contributed by atoms with Crippen molar-refractivity contribution in [2.24, 2.45) is 0 Å². The molecule has 2 aliphatic rings. The number of rotatable bonds is 5. The molecule has 4 nitrogen and oxygen atoms in total. The zero-order valence-electron chi connectivity index (χ0n) is 13.3. The minimum absolute atomic E-state index is 0. The number of hydrogen-bond acceptors (Lipinski definition) is 3. The Morgan fingerprint density at radius 1 is 1.18 bits per heavy atom. The number of carbonyl (C=O) groups excluding carboxylic acids is 1. The Labute approximate surface area is 139 Å². The van der Waals surface area contributed by atoms with Gasteiger partial charge in [-0.15, -0.1) is 12.4 Å². The molecule has 0 bridgehead atoms. The van der Waals surface area contributed by atoms with E-state index >= 15 is 0 Å². The van der Waals surface area contributed by atoms with Crippen molar-refractivity contribution in [1.29, 1.82) is 0 Å². The second kappa shape index (κ2) is 7.95. The van der Waals surface area contributed by atoms with Crippen molar-refractivity contribution in [3.63, 3.8) is 0 Å². The quantitative estimate of drug-likeness (QED) is 0.897. The lowest BCUT2D eigenvalue weighted by Crippen LogP contribution is -2.49. The van der Waals surface area contributed by atoms with E-state index in [1.165, 1.54) is 12.8 Å². The number of halogens is 1. The summed E-state index contributed by atoms with van der Waals surface area (Å²) < 4.78 is 0. The fourth-order valence-electron chi connectivity index (χ4n) is 3.11. The monoisotopic (exact) mass is 323 g/mol. The Bertz CT molecular complexity index is 496. The van der Waals surface area contributed by atoms with Gasteiger partial charge < -0.3 is 10.2 Å². The molecule has 0 spiro atoms. The van der Waals surface area contributed by atoms with E-state index in [1.807, 2.05) is 30.1 Å². The van der Waals surface area contributed by atoms with Crippen LogP contribution < -0.4 is 5.32 Å². The van der Waals surface area contributed by atoms with Gasteiger partial charge in [-0.2, -0.15) is 0 Å². The summed E-state index contributed by atoms with van der Waals surface area (Å²) >= 11 is 0. The zero-order chi connectivity index (χ0) is 14.7. The molecule has 2 fully saturated rings. The van der Waals surface area contributed by atoms with Crippen LogP contribution >= 0.6 is 12.4 Å². The van der Waals surface area contributed by atoms with E-state index in [0.717, 1.165) is 56.3 Å². The maximum Gasteiger partial charge on any atom is 0.254 e. The molecule has 1 aliphatic carbocycles. The molecular weight excluding hydrogens is 298 g/mol. The van der Waals surface area contributed by atoms with Crippen LogP contribution in [0.2, 0.25) is 0 Å². The Hall–Kier alpha value is -1.10. The van der Waals surface area contributed by atoms with E-state index in [9.17, 15) is 4.79 Å². The van der Waals surface area contributed by atoms with Crippen LogP contribution in [0.1, 0.15) is 28.8 Å². The summed E-state index contributed by atoms with van der Waals surface area (Å²) in [7, 11) is 1.95. The number of hydrogen-bond donors (Lipinski definition) is 1. The average molecular weight is 324 g/mol. The topological polar surface area (TPSA) is 35.6 Å². The van der Waals surface area contributed by atoms with Crippen LogP contribution in [-0.2, 0) is 6.42 Å². The van der Waals surface area contributed by atoms with Crippen LogP contribution in [-0.4, -0.2) is 61.5 Å². The molecule has 1 saturated carbocycles. The smallest absolute Gasteiger partial charge is 0.254 e. The average Bonchev–Trinajstić information content (AvgIpc) is 3.37. The lowest BCUT2D eigenvalue weighted by Gasteiger charge is -2.35. The predicted molar refractivity (Wildman–Crippen MR) is 91.8 cm³/mol. The van der Waals surface area contributed by atoms with Gasteiger partial charge in [-0.1, -0.05) is 18.2 Å². The van der Waals surface area contributed by atoms with Crippen molar-refractivity contribution in [1.82, 2.24) is 15.1 Å². The number of benzene rings is 1. The second-order valence-corrected chi connectivity index (χ2v) is 6.07. The van der Waals surface area contributed by atoms with E-state index < -0.39 is 0 Å². The summed E-state index contributed by atoms with van der Waals surface area (Å²) in [5.41, 5.74) is 2.04. The normalized spacial score (nSPS) is 18.9. The fourth-order valence-corrected chi connectivity index (χ4v) is 3.11. The Morgan fingerprint density at radius 2 is 1.86 bits per heavy atom. The number of amides is 1. The summed E-state index contributed by atoms with van der Waals surface area (Å²) in [5, 5.41) is 3.16. The van der Waals surface area contributed by atoms with Crippen molar-refractivity contribution in [3.05, 3.63) is 35.4 Å². The van der Waals surface area contributed by atoms with Gasteiger partial charge in [0, 0.05) is 37.8 Å². The largest absolute Gasteiger partial charge is 0.336 e. The minimum atomic E-state index is 0. The highest BCUT2D eigenvalue weighted by molar-refractivity contribution is 5.95. The summed E-state index contributed by atoms with van der Waals surface area (Å²) in [4.78, 5) is 17.3. The molecule has 1 aliphatic heterocycles. The van der Waals surface area contributed by atoms with Gasteiger partial charge in [0.15, 0.2) is 0 Å². The third-order valence-corrected chi connectivity index (χ3v) is 4.56. The summed E-state index contributed by atoms with van der Waals surface area (Å²) in [6.07, 6.45) is 3.60. The van der Waals surface area contributed by atoms with E-state index in [1.54, 1.807) is 0 Å². The van der Waals surface area contributed by atoms with Gasteiger partial charge in [0.2, 0.25) is 0 Å². The van der Waals surface area contributed by atoms with Crippen LogP contribution in [0.5, 0.6) is 0 Å². The highest BCUT2D eigenvalue weighted by atomic mass is 35.5. The third-order valence-electron chi connectivity index (χ3n) is 4.56. The molecule has 0 atom stereocenters. The molecule has 1 N–H and O–H groups in total. The van der Waals surface area contributed by atoms with Gasteiger partial charge in [-0.3, -0.25) is 9.69 Å². The zero-order valence-corrected chi connectivity index (χ0v) is 14.1. The molecule has 22 heavy (non-hydrogen) atoms. The van der Waals surface area contributed by atoms with E-state index in [4.69, 9.17) is 0 Å².